The van der Waals surface area contributed by atoms with Crippen molar-refractivity contribution in [3.63, 3.8) is 0 Å². The number of Topliss-reactive ketones (excluding diaryl/α,β-unsaturated/α-hetero) is 1. The predicted octanol–water partition coefficient (Wildman–Crippen LogP) is 2.75. The number of carbonyl (C=O) groups is 1. The first kappa shape index (κ1) is 14.2. The van der Waals surface area contributed by atoms with Crippen LogP contribution in [0.5, 0.6) is 0 Å². The molecule has 0 aliphatic heterocycles. The highest BCUT2D eigenvalue weighted by molar-refractivity contribution is 5.99. The third kappa shape index (κ3) is 3.23. The van der Waals surface area contributed by atoms with Crippen molar-refractivity contribution in [2.75, 3.05) is 18.5 Å². The second-order valence-corrected chi connectivity index (χ2v) is 4.77. The van der Waals surface area contributed by atoms with Gasteiger partial charge in [0, 0.05) is 32.5 Å². The standard InChI is InChI=1S/C15H18FN3O/c1-12(20)15-13(16)5-3-6-14(15)18(2)8-4-9-19-10-7-17-11-19/h3,5-7,10-11H,4,8-9H2,1-2H3. The summed E-state index contributed by atoms with van der Waals surface area (Å²) >= 11 is 0. The summed E-state index contributed by atoms with van der Waals surface area (Å²) in [5, 5.41) is 0. The van der Waals surface area contributed by atoms with E-state index in [4.69, 9.17) is 0 Å². The quantitative estimate of drug-likeness (QED) is 0.761. The lowest BCUT2D eigenvalue weighted by molar-refractivity contribution is 0.101. The van der Waals surface area contributed by atoms with Crippen LogP contribution >= 0.6 is 0 Å². The van der Waals surface area contributed by atoms with Gasteiger partial charge in [0.1, 0.15) is 5.82 Å². The van der Waals surface area contributed by atoms with E-state index in [9.17, 15) is 9.18 Å². The molecule has 0 spiro atoms. The van der Waals surface area contributed by atoms with Gasteiger partial charge < -0.3 is 9.47 Å². The highest BCUT2D eigenvalue weighted by atomic mass is 19.1. The van der Waals surface area contributed by atoms with Crippen LogP contribution in [0.4, 0.5) is 10.1 Å². The number of carbonyl (C=O) groups excluding carboxylic acids is 1. The van der Waals surface area contributed by atoms with E-state index in [0.29, 0.717) is 5.69 Å². The zero-order valence-corrected chi connectivity index (χ0v) is 11.7. The molecule has 0 N–H and O–H groups in total. The molecule has 0 aliphatic rings. The van der Waals surface area contributed by atoms with Crippen molar-refractivity contribution in [3.8, 4) is 0 Å². The van der Waals surface area contributed by atoms with Gasteiger partial charge >= 0.3 is 0 Å². The number of anilines is 1. The Morgan fingerprint density at radius 2 is 2.25 bits per heavy atom. The van der Waals surface area contributed by atoms with Crippen molar-refractivity contribution in [1.82, 2.24) is 9.55 Å². The van der Waals surface area contributed by atoms with Crippen LogP contribution in [-0.4, -0.2) is 28.9 Å². The lowest BCUT2D eigenvalue weighted by Crippen LogP contribution is -2.22. The Kier molecular flexibility index (Phi) is 4.50. The van der Waals surface area contributed by atoms with Crippen LogP contribution < -0.4 is 4.90 Å². The van der Waals surface area contributed by atoms with Crippen LogP contribution in [0.25, 0.3) is 0 Å². The summed E-state index contributed by atoms with van der Waals surface area (Å²) in [5.41, 5.74) is 0.806. The van der Waals surface area contributed by atoms with Crippen LogP contribution in [0.15, 0.2) is 36.9 Å². The Hall–Kier alpha value is -2.17. The lowest BCUT2D eigenvalue weighted by atomic mass is 10.1. The van der Waals surface area contributed by atoms with Crippen LogP contribution in [0.2, 0.25) is 0 Å². The molecule has 0 unspecified atom stereocenters. The van der Waals surface area contributed by atoms with Gasteiger partial charge in [0.25, 0.3) is 0 Å². The molecule has 4 nitrogen and oxygen atoms in total. The normalized spacial score (nSPS) is 10.6. The predicted molar refractivity (Wildman–Crippen MR) is 76.5 cm³/mol. The third-order valence-corrected chi connectivity index (χ3v) is 3.22. The average molecular weight is 275 g/mol. The van der Waals surface area contributed by atoms with Crippen LogP contribution in [-0.2, 0) is 6.54 Å². The molecule has 0 amide bonds. The second-order valence-electron chi connectivity index (χ2n) is 4.77. The first-order chi connectivity index (χ1) is 9.59. The molecule has 0 bridgehead atoms. The number of hydrogen-bond acceptors (Lipinski definition) is 3. The fourth-order valence-corrected chi connectivity index (χ4v) is 2.21. The SMILES string of the molecule is CC(=O)c1c(F)cccc1N(C)CCCn1ccnc1. The molecule has 0 fully saturated rings. The monoisotopic (exact) mass is 275 g/mol. The Balaban J connectivity index is 2.03. The number of halogens is 1. The summed E-state index contributed by atoms with van der Waals surface area (Å²) < 4.78 is 15.7. The molecule has 0 atom stereocenters. The Labute approximate surface area is 117 Å². The highest BCUT2D eigenvalue weighted by Gasteiger charge is 2.15. The van der Waals surface area contributed by atoms with Crippen molar-refractivity contribution >= 4 is 11.5 Å². The fraction of sp³-hybridized carbons (Fsp3) is 0.333. The Morgan fingerprint density at radius 3 is 2.90 bits per heavy atom. The largest absolute Gasteiger partial charge is 0.374 e. The van der Waals surface area contributed by atoms with Gasteiger partial charge in [-0.15, -0.1) is 0 Å². The van der Waals surface area contributed by atoms with Crippen molar-refractivity contribution in [2.45, 2.75) is 19.9 Å². The van der Waals surface area contributed by atoms with E-state index in [0.717, 1.165) is 19.5 Å². The summed E-state index contributed by atoms with van der Waals surface area (Å²) in [5.74, 6) is -0.712. The first-order valence-electron chi connectivity index (χ1n) is 6.56. The van der Waals surface area contributed by atoms with Crippen LogP contribution in [0.3, 0.4) is 0 Å². The molecular formula is C15H18FN3O. The number of rotatable bonds is 6. The summed E-state index contributed by atoms with van der Waals surface area (Å²) in [4.78, 5) is 17.5. The Morgan fingerprint density at radius 1 is 1.45 bits per heavy atom. The van der Waals surface area contributed by atoms with E-state index in [1.165, 1.54) is 13.0 Å². The van der Waals surface area contributed by atoms with Crippen molar-refractivity contribution in [2.24, 2.45) is 0 Å². The average Bonchev–Trinajstić information content (AvgIpc) is 2.91. The number of nitrogens with zero attached hydrogens (tertiary/aromatic N) is 3. The molecule has 0 saturated carbocycles. The second kappa shape index (κ2) is 6.32. The van der Waals surface area contributed by atoms with Gasteiger partial charge in [-0.2, -0.15) is 0 Å². The molecule has 106 valence electrons. The molecule has 0 saturated heterocycles. The first-order valence-corrected chi connectivity index (χ1v) is 6.56. The Bertz CT molecular complexity index is 581. The molecule has 5 heteroatoms. The van der Waals surface area contributed by atoms with Gasteiger partial charge in [-0.05, 0) is 25.5 Å². The maximum Gasteiger partial charge on any atom is 0.164 e. The van der Waals surface area contributed by atoms with Gasteiger partial charge in [-0.1, -0.05) is 6.07 Å². The summed E-state index contributed by atoms with van der Waals surface area (Å²) in [7, 11) is 1.87. The van der Waals surface area contributed by atoms with Gasteiger partial charge in [0.15, 0.2) is 5.78 Å². The molecule has 2 aromatic rings. The van der Waals surface area contributed by atoms with E-state index in [2.05, 4.69) is 4.98 Å². The van der Waals surface area contributed by atoms with Crippen LogP contribution in [0.1, 0.15) is 23.7 Å². The fourth-order valence-electron chi connectivity index (χ4n) is 2.21. The topological polar surface area (TPSA) is 38.1 Å². The molecular weight excluding hydrogens is 257 g/mol. The number of benzene rings is 1. The van der Waals surface area contributed by atoms with Crippen molar-refractivity contribution < 1.29 is 9.18 Å². The molecule has 1 aromatic carbocycles. The summed E-state index contributed by atoms with van der Waals surface area (Å²) in [6, 6.07) is 4.72. The molecule has 20 heavy (non-hydrogen) atoms. The molecule has 0 radical (unpaired) electrons. The van der Waals surface area contributed by atoms with E-state index in [1.807, 2.05) is 22.7 Å². The maximum absolute atomic E-state index is 13.7. The third-order valence-electron chi connectivity index (χ3n) is 3.22. The zero-order chi connectivity index (χ0) is 14.5. The number of imidazole rings is 1. The number of ketones is 1. The molecule has 0 aliphatic carbocycles. The number of hydrogen-bond donors (Lipinski definition) is 0. The van der Waals surface area contributed by atoms with Gasteiger partial charge in [-0.25, -0.2) is 9.37 Å². The molecule has 1 aromatic heterocycles. The van der Waals surface area contributed by atoms with Gasteiger partial charge in [0.05, 0.1) is 17.6 Å². The van der Waals surface area contributed by atoms with E-state index in [1.54, 1.807) is 24.7 Å². The summed E-state index contributed by atoms with van der Waals surface area (Å²) in [6.45, 7) is 2.97. The zero-order valence-electron chi connectivity index (χ0n) is 11.7. The van der Waals surface area contributed by atoms with Crippen molar-refractivity contribution in [3.05, 3.63) is 48.3 Å². The maximum atomic E-state index is 13.7. The minimum absolute atomic E-state index is 0.164. The van der Waals surface area contributed by atoms with Crippen molar-refractivity contribution in [1.29, 1.82) is 0 Å². The van der Waals surface area contributed by atoms with E-state index in [-0.39, 0.29) is 11.3 Å². The minimum Gasteiger partial charge on any atom is -0.374 e. The van der Waals surface area contributed by atoms with Gasteiger partial charge in [-0.3, -0.25) is 4.79 Å². The molecule has 1 heterocycles. The number of aryl methyl sites for hydroxylation is 1. The smallest absolute Gasteiger partial charge is 0.164 e. The number of aromatic nitrogens is 2. The summed E-state index contributed by atoms with van der Waals surface area (Å²) in [6.07, 6.45) is 6.30. The lowest BCUT2D eigenvalue weighted by Gasteiger charge is -2.22. The highest BCUT2D eigenvalue weighted by Crippen LogP contribution is 2.23. The van der Waals surface area contributed by atoms with E-state index >= 15 is 0 Å². The molecule has 2 rings (SSSR count). The van der Waals surface area contributed by atoms with E-state index < -0.39 is 5.82 Å². The minimum atomic E-state index is -0.462. The van der Waals surface area contributed by atoms with Gasteiger partial charge in [0.2, 0.25) is 0 Å². The van der Waals surface area contributed by atoms with Crippen LogP contribution in [0, 0.1) is 5.82 Å².